The molecule has 0 aliphatic carbocycles. The zero-order chi connectivity index (χ0) is 12.0. The van der Waals surface area contributed by atoms with E-state index in [9.17, 15) is 4.79 Å². The van der Waals surface area contributed by atoms with Crippen LogP contribution >= 0.6 is 22.6 Å². The lowest BCUT2D eigenvalue weighted by molar-refractivity contribution is 0.0943. The number of amides is 1. The van der Waals surface area contributed by atoms with E-state index in [4.69, 9.17) is 6.42 Å². The van der Waals surface area contributed by atoms with Gasteiger partial charge in [-0.05, 0) is 41.1 Å². The van der Waals surface area contributed by atoms with Gasteiger partial charge in [-0.2, -0.15) is 0 Å². The third-order valence-electron chi connectivity index (χ3n) is 2.20. The second kappa shape index (κ2) is 6.54. The normalized spacial score (nSPS) is 11.6. The Labute approximate surface area is 110 Å². The maximum atomic E-state index is 11.9. The maximum Gasteiger partial charge on any atom is 0.253 e. The highest BCUT2D eigenvalue weighted by atomic mass is 127. The molecule has 1 N–H and O–H groups in total. The van der Waals surface area contributed by atoms with E-state index in [1.165, 1.54) is 0 Å². The van der Waals surface area contributed by atoms with Gasteiger partial charge in [0, 0.05) is 3.57 Å². The fraction of sp³-hybridized carbons (Fsp3) is 0.308. The van der Waals surface area contributed by atoms with Gasteiger partial charge in [0.05, 0.1) is 11.6 Å². The van der Waals surface area contributed by atoms with E-state index >= 15 is 0 Å². The summed E-state index contributed by atoms with van der Waals surface area (Å²) >= 11 is 2.14. The molecule has 0 bridgehead atoms. The van der Waals surface area contributed by atoms with Crippen molar-refractivity contribution in [3.63, 3.8) is 0 Å². The van der Waals surface area contributed by atoms with Crippen LogP contribution in [-0.4, -0.2) is 11.9 Å². The molecule has 3 heteroatoms. The molecule has 1 aromatic carbocycles. The van der Waals surface area contributed by atoms with Gasteiger partial charge in [0.1, 0.15) is 0 Å². The van der Waals surface area contributed by atoms with Crippen LogP contribution in [0, 0.1) is 15.9 Å². The molecule has 0 heterocycles. The number of hydrogen-bond donors (Lipinski definition) is 1. The summed E-state index contributed by atoms with van der Waals surface area (Å²) in [7, 11) is 0. The lowest BCUT2D eigenvalue weighted by Crippen LogP contribution is -2.34. The van der Waals surface area contributed by atoms with Gasteiger partial charge < -0.3 is 5.32 Å². The molecule has 16 heavy (non-hydrogen) atoms. The van der Waals surface area contributed by atoms with E-state index in [2.05, 4.69) is 33.8 Å². The molecule has 0 saturated carbocycles. The zero-order valence-corrected chi connectivity index (χ0v) is 11.3. The van der Waals surface area contributed by atoms with Gasteiger partial charge in [0.2, 0.25) is 0 Å². The predicted octanol–water partition coefficient (Wildman–Crippen LogP) is 2.82. The molecule has 0 radical (unpaired) electrons. The van der Waals surface area contributed by atoms with Crippen molar-refractivity contribution in [1.29, 1.82) is 0 Å². The van der Waals surface area contributed by atoms with E-state index in [0.29, 0.717) is 5.56 Å². The second-order valence-corrected chi connectivity index (χ2v) is 4.62. The fourth-order valence-corrected chi connectivity index (χ4v) is 2.00. The summed E-state index contributed by atoms with van der Waals surface area (Å²) in [6.07, 6.45) is 7.13. The Morgan fingerprint density at radius 2 is 2.25 bits per heavy atom. The minimum atomic E-state index is -0.173. The molecule has 2 nitrogen and oxygen atoms in total. The first-order valence-corrected chi connectivity index (χ1v) is 6.28. The van der Waals surface area contributed by atoms with Crippen LogP contribution in [0.1, 0.15) is 30.1 Å². The third-order valence-corrected chi connectivity index (χ3v) is 3.14. The summed E-state index contributed by atoms with van der Waals surface area (Å²) in [6, 6.07) is 7.29. The van der Waals surface area contributed by atoms with Gasteiger partial charge in [0.25, 0.3) is 5.91 Å². The molecule has 1 atom stereocenters. The van der Waals surface area contributed by atoms with Gasteiger partial charge in [-0.25, -0.2) is 0 Å². The maximum absolute atomic E-state index is 11.9. The zero-order valence-electron chi connectivity index (χ0n) is 9.16. The Morgan fingerprint density at radius 1 is 1.56 bits per heavy atom. The van der Waals surface area contributed by atoms with Crippen molar-refractivity contribution in [1.82, 2.24) is 5.32 Å². The first-order chi connectivity index (χ1) is 7.69. The molecule has 0 fully saturated rings. The van der Waals surface area contributed by atoms with Crippen LogP contribution in [-0.2, 0) is 0 Å². The number of nitrogens with one attached hydrogen (secondary N) is 1. The summed E-state index contributed by atoms with van der Waals surface area (Å²) in [5, 5.41) is 2.84. The first-order valence-electron chi connectivity index (χ1n) is 5.20. The van der Waals surface area contributed by atoms with Gasteiger partial charge in [-0.3, -0.25) is 4.79 Å². The minimum Gasteiger partial charge on any atom is -0.338 e. The molecule has 0 saturated heterocycles. The van der Waals surface area contributed by atoms with Crippen LogP contribution in [0.3, 0.4) is 0 Å². The van der Waals surface area contributed by atoms with Crippen molar-refractivity contribution in [2.24, 2.45) is 0 Å². The number of terminal acetylenes is 1. The van der Waals surface area contributed by atoms with Gasteiger partial charge >= 0.3 is 0 Å². The van der Waals surface area contributed by atoms with E-state index < -0.39 is 0 Å². The number of benzene rings is 1. The number of carbonyl (C=O) groups is 1. The standard InChI is InChI=1S/C13H14INO/c1-3-7-10(4-2)15-13(16)11-8-5-6-9-12(11)14/h2,5-6,8-10H,3,7H2,1H3,(H,15,16)/t10-/m0/s1. The van der Waals surface area contributed by atoms with Crippen molar-refractivity contribution in [2.75, 3.05) is 0 Å². The Morgan fingerprint density at radius 3 is 2.81 bits per heavy atom. The summed E-state index contributed by atoms with van der Waals surface area (Å²) < 4.78 is 0.935. The molecule has 0 aliphatic heterocycles. The summed E-state index contributed by atoms with van der Waals surface area (Å²) in [6.45, 7) is 2.04. The molecule has 0 spiro atoms. The Kier molecular flexibility index (Phi) is 5.33. The van der Waals surface area contributed by atoms with E-state index in [1.807, 2.05) is 25.1 Å². The first kappa shape index (κ1) is 13.0. The van der Waals surface area contributed by atoms with Crippen LogP contribution in [0.25, 0.3) is 0 Å². The monoisotopic (exact) mass is 327 g/mol. The quantitative estimate of drug-likeness (QED) is 0.669. The number of halogens is 1. The molecule has 0 unspecified atom stereocenters. The summed E-state index contributed by atoms with van der Waals surface area (Å²) in [5.41, 5.74) is 0.680. The van der Waals surface area contributed by atoms with Gasteiger partial charge in [-0.1, -0.05) is 31.4 Å². The molecule has 1 rings (SSSR count). The minimum absolute atomic E-state index is 0.0959. The van der Waals surface area contributed by atoms with E-state index in [1.54, 1.807) is 6.07 Å². The summed E-state index contributed by atoms with van der Waals surface area (Å²) in [4.78, 5) is 11.9. The predicted molar refractivity (Wildman–Crippen MR) is 74.2 cm³/mol. The largest absolute Gasteiger partial charge is 0.338 e. The fourth-order valence-electron chi connectivity index (χ4n) is 1.37. The number of carbonyl (C=O) groups excluding carboxylic acids is 1. The average Bonchev–Trinajstić information content (AvgIpc) is 2.28. The number of hydrogen-bond acceptors (Lipinski definition) is 1. The van der Waals surface area contributed by atoms with Crippen molar-refractivity contribution in [3.8, 4) is 12.3 Å². The van der Waals surface area contributed by atoms with Crippen LogP contribution in [0.2, 0.25) is 0 Å². The lowest BCUT2D eigenvalue weighted by Gasteiger charge is -2.12. The Bertz CT molecular complexity index is 409. The van der Waals surface area contributed by atoms with E-state index in [-0.39, 0.29) is 11.9 Å². The summed E-state index contributed by atoms with van der Waals surface area (Å²) in [5.74, 6) is 2.49. The highest BCUT2D eigenvalue weighted by Crippen LogP contribution is 2.11. The lowest BCUT2D eigenvalue weighted by atomic mass is 10.1. The van der Waals surface area contributed by atoms with Crippen molar-refractivity contribution >= 4 is 28.5 Å². The van der Waals surface area contributed by atoms with Crippen molar-refractivity contribution in [2.45, 2.75) is 25.8 Å². The smallest absolute Gasteiger partial charge is 0.253 e. The third kappa shape index (κ3) is 3.53. The topological polar surface area (TPSA) is 29.1 Å². The molecular weight excluding hydrogens is 313 g/mol. The molecule has 0 aliphatic rings. The molecule has 0 aromatic heterocycles. The highest BCUT2D eigenvalue weighted by Gasteiger charge is 2.12. The van der Waals surface area contributed by atoms with Crippen LogP contribution in [0.4, 0.5) is 0 Å². The number of rotatable bonds is 4. The van der Waals surface area contributed by atoms with Crippen LogP contribution in [0.15, 0.2) is 24.3 Å². The van der Waals surface area contributed by atoms with Gasteiger partial charge in [0.15, 0.2) is 0 Å². The van der Waals surface area contributed by atoms with E-state index in [0.717, 1.165) is 16.4 Å². The SMILES string of the molecule is C#C[C@@H](CCC)NC(=O)c1ccccc1I. The van der Waals surface area contributed by atoms with Crippen LogP contribution < -0.4 is 5.32 Å². The molecule has 1 amide bonds. The Balaban J connectivity index is 2.73. The second-order valence-electron chi connectivity index (χ2n) is 3.46. The van der Waals surface area contributed by atoms with Gasteiger partial charge in [-0.15, -0.1) is 6.42 Å². The molecule has 1 aromatic rings. The average molecular weight is 327 g/mol. The van der Waals surface area contributed by atoms with Crippen molar-refractivity contribution < 1.29 is 4.79 Å². The molecule has 84 valence electrons. The molecular formula is C13H14INO. The van der Waals surface area contributed by atoms with Crippen LogP contribution in [0.5, 0.6) is 0 Å². The Hall–Kier alpha value is -1.02. The van der Waals surface area contributed by atoms with Crippen molar-refractivity contribution in [3.05, 3.63) is 33.4 Å². The highest BCUT2D eigenvalue weighted by molar-refractivity contribution is 14.1.